The lowest BCUT2D eigenvalue weighted by atomic mass is 10.0. The maximum absolute atomic E-state index is 12.7. The fourth-order valence-corrected chi connectivity index (χ4v) is 1.44. The average Bonchev–Trinajstić information content (AvgIpc) is 2.73. The quantitative estimate of drug-likeness (QED) is 0.745. The molecule has 0 aliphatic carbocycles. The van der Waals surface area contributed by atoms with Crippen molar-refractivity contribution in [3.05, 3.63) is 18.2 Å². The Morgan fingerprint density at radius 3 is 2.48 bits per heavy atom. The third-order valence-corrected chi connectivity index (χ3v) is 2.91. The minimum Gasteiger partial charge on any atom is -0.479 e. The number of carbonyl (C=O) groups is 2. The summed E-state index contributed by atoms with van der Waals surface area (Å²) < 4.78 is 39.7. The summed E-state index contributed by atoms with van der Waals surface area (Å²) in [4.78, 5) is 26.1. The zero-order chi connectivity index (χ0) is 16.3. The van der Waals surface area contributed by atoms with Crippen LogP contribution in [0.3, 0.4) is 0 Å². The Bertz CT molecular complexity index is 529. The molecule has 1 aromatic heterocycles. The molecule has 1 atom stereocenters. The zero-order valence-corrected chi connectivity index (χ0v) is 11.4. The van der Waals surface area contributed by atoms with E-state index in [2.05, 4.69) is 10.3 Å². The molecule has 0 aliphatic heterocycles. The Hall–Kier alpha value is -2.26. The van der Waals surface area contributed by atoms with E-state index in [0.29, 0.717) is 19.2 Å². The number of hydrogen-bond acceptors (Lipinski definition) is 3. The number of imidazole rings is 1. The van der Waals surface area contributed by atoms with Gasteiger partial charge in [0.15, 0.2) is 0 Å². The van der Waals surface area contributed by atoms with Gasteiger partial charge in [0.05, 0.1) is 0 Å². The van der Waals surface area contributed by atoms with E-state index in [-0.39, 0.29) is 6.54 Å². The molecule has 1 unspecified atom stereocenters. The van der Waals surface area contributed by atoms with Gasteiger partial charge < -0.3 is 20.3 Å². The highest BCUT2D eigenvalue weighted by atomic mass is 19.4. The Morgan fingerprint density at radius 2 is 2.05 bits per heavy atom. The van der Waals surface area contributed by atoms with Gasteiger partial charge in [-0.2, -0.15) is 13.2 Å². The van der Waals surface area contributed by atoms with Crippen LogP contribution < -0.4 is 10.6 Å². The number of carboxylic acids is 1. The lowest BCUT2D eigenvalue weighted by molar-refractivity contribution is -0.203. The molecule has 118 valence electrons. The minimum atomic E-state index is -5.12. The topological polar surface area (TPSA) is 96.3 Å². The molecule has 1 rings (SSSR count). The summed E-state index contributed by atoms with van der Waals surface area (Å²) >= 11 is 0. The molecule has 2 amide bonds. The van der Waals surface area contributed by atoms with Crippen LogP contribution in [0.25, 0.3) is 0 Å². The maximum atomic E-state index is 12.7. The molecule has 7 nitrogen and oxygen atoms in total. The first-order valence-electron chi connectivity index (χ1n) is 5.90. The van der Waals surface area contributed by atoms with Crippen molar-refractivity contribution in [1.82, 2.24) is 20.2 Å². The van der Waals surface area contributed by atoms with Gasteiger partial charge in [-0.05, 0) is 6.92 Å². The van der Waals surface area contributed by atoms with Crippen molar-refractivity contribution in [3.63, 3.8) is 0 Å². The second-order valence-corrected chi connectivity index (χ2v) is 4.51. The van der Waals surface area contributed by atoms with E-state index in [9.17, 15) is 22.8 Å². The number of carboxylic acid groups (broad SMARTS) is 1. The largest absolute Gasteiger partial charge is 0.479 e. The van der Waals surface area contributed by atoms with E-state index in [0.717, 1.165) is 0 Å². The summed E-state index contributed by atoms with van der Waals surface area (Å²) in [6.07, 6.45) is -1.59. The standard InChI is InChI=1S/C11H15F3N4O3/c1-10(8(19)20,11(12,13)14)17-9(21)16-4-3-7-15-5-6-18(7)2/h5-6H,3-4H2,1-2H3,(H,19,20)(H2,16,17,21). The van der Waals surface area contributed by atoms with E-state index in [4.69, 9.17) is 5.11 Å². The number of hydrogen-bond donors (Lipinski definition) is 3. The van der Waals surface area contributed by atoms with Crippen LogP contribution in [0.2, 0.25) is 0 Å². The third-order valence-electron chi connectivity index (χ3n) is 2.91. The fourth-order valence-electron chi connectivity index (χ4n) is 1.44. The van der Waals surface area contributed by atoms with Gasteiger partial charge in [-0.15, -0.1) is 0 Å². The van der Waals surface area contributed by atoms with Crippen LogP contribution >= 0.6 is 0 Å². The summed E-state index contributed by atoms with van der Waals surface area (Å²) in [5, 5.41) is 12.2. The summed E-state index contributed by atoms with van der Waals surface area (Å²) in [6, 6.07) is -1.22. The van der Waals surface area contributed by atoms with Crippen molar-refractivity contribution in [2.45, 2.75) is 25.1 Å². The van der Waals surface area contributed by atoms with Gasteiger partial charge in [0.1, 0.15) is 5.82 Å². The number of aliphatic carboxylic acids is 1. The molecule has 0 aromatic carbocycles. The van der Waals surface area contributed by atoms with Crippen LogP contribution in [-0.4, -0.2) is 44.9 Å². The smallest absolute Gasteiger partial charge is 0.422 e. The highest BCUT2D eigenvalue weighted by molar-refractivity contribution is 5.86. The molecule has 10 heteroatoms. The Balaban J connectivity index is 2.56. The van der Waals surface area contributed by atoms with Gasteiger partial charge in [0.25, 0.3) is 0 Å². The first-order chi connectivity index (χ1) is 9.58. The second kappa shape index (κ2) is 6.02. The van der Waals surface area contributed by atoms with Crippen molar-refractivity contribution < 1.29 is 27.9 Å². The van der Waals surface area contributed by atoms with Crippen LogP contribution in [0.1, 0.15) is 12.7 Å². The number of alkyl halides is 3. The zero-order valence-electron chi connectivity index (χ0n) is 11.4. The Labute approximate surface area is 118 Å². The number of nitrogens with zero attached hydrogens (tertiary/aromatic N) is 2. The van der Waals surface area contributed by atoms with E-state index >= 15 is 0 Å². The van der Waals surface area contributed by atoms with E-state index in [1.54, 1.807) is 24.0 Å². The predicted molar refractivity (Wildman–Crippen MR) is 65.5 cm³/mol. The van der Waals surface area contributed by atoms with Gasteiger partial charge in [0.2, 0.25) is 5.54 Å². The van der Waals surface area contributed by atoms with Gasteiger partial charge in [-0.3, -0.25) is 0 Å². The first kappa shape index (κ1) is 16.8. The molecule has 21 heavy (non-hydrogen) atoms. The molecule has 0 saturated carbocycles. The van der Waals surface area contributed by atoms with E-state index in [1.807, 2.05) is 0 Å². The number of urea groups is 1. The molecule has 0 aliphatic rings. The maximum Gasteiger partial charge on any atom is 0.422 e. The van der Waals surface area contributed by atoms with Crippen LogP contribution in [0.4, 0.5) is 18.0 Å². The highest BCUT2D eigenvalue weighted by Gasteiger charge is 2.58. The third kappa shape index (κ3) is 3.86. The molecule has 0 fully saturated rings. The number of nitrogens with one attached hydrogen (secondary N) is 2. The monoisotopic (exact) mass is 308 g/mol. The molecule has 0 spiro atoms. The van der Waals surface area contributed by atoms with E-state index < -0.39 is 23.7 Å². The van der Waals surface area contributed by atoms with Crippen molar-refractivity contribution in [2.24, 2.45) is 7.05 Å². The average molecular weight is 308 g/mol. The Morgan fingerprint density at radius 1 is 1.43 bits per heavy atom. The molecule has 0 saturated heterocycles. The van der Waals surface area contributed by atoms with Crippen LogP contribution in [0.5, 0.6) is 0 Å². The van der Waals surface area contributed by atoms with Gasteiger partial charge in [0, 0.05) is 32.4 Å². The Kier molecular flexibility index (Phi) is 4.81. The molecular formula is C11H15F3N4O3. The SMILES string of the molecule is Cn1ccnc1CCNC(=O)NC(C)(C(=O)O)C(F)(F)F. The summed E-state index contributed by atoms with van der Waals surface area (Å²) in [5.74, 6) is -1.55. The molecule has 1 heterocycles. The first-order valence-corrected chi connectivity index (χ1v) is 5.90. The summed E-state index contributed by atoms with van der Waals surface area (Å²) in [6.45, 7) is 0.401. The number of rotatable bonds is 5. The molecular weight excluding hydrogens is 293 g/mol. The number of aromatic nitrogens is 2. The number of halogens is 3. The van der Waals surface area contributed by atoms with Gasteiger partial charge in [-0.1, -0.05) is 0 Å². The minimum absolute atomic E-state index is 0.0181. The lowest BCUT2D eigenvalue weighted by Crippen LogP contribution is -2.63. The number of carbonyl (C=O) groups excluding carboxylic acids is 1. The van der Waals surface area contributed by atoms with Crippen LogP contribution in [-0.2, 0) is 18.3 Å². The number of amides is 2. The normalized spacial score (nSPS) is 14.3. The van der Waals surface area contributed by atoms with Crippen molar-refractivity contribution in [2.75, 3.05) is 6.54 Å². The van der Waals surface area contributed by atoms with E-state index in [1.165, 1.54) is 5.32 Å². The van der Waals surface area contributed by atoms with Crippen molar-refractivity contribution >= 4 is 12.0 Å². The predicted octanol–water partition coefficient (Wildman–Crippen LogP) is 0.667. The fraction of sp³-hybridized carbons (Fsp3) is 0.545. The van der Waals surface area contributed by atoms with Gasteiger partial charge in [-0.25, -0.2) is 14.6 Å². The van der Waals surface area contributed by atoms with Crippen LogP contribution in [0, 0.1) is 0 Å². The highest BCUT2D eigenvalue weighted by Crippen LogP contribution is 2.30. The lowest BCUT2D eigenvalue weighted by Gasteiger charge is -2.28. The van der Waals surface area contributed by atoms with Gasteiger partial charge >= 0.3 is 18.2 Å². The molecule has 0 radical (unpaired) electrons. The summed E-state index contributed by atoms with van der Waals surface area (Å²) in [7, 11) is 1.73. The molecule has 3 N–H and O–H groups in total. The number of aryl methyl sites for hydroxylation is 1. The second-order valence-electron chi connectivity index (χ2n) is 4.51. The summed E-state index contributed by atoms with van der Waals surface area (Å²) in [5.41, 5.74) is -3.35. The van der Waals surface area contributed by atoms with Crippen molar-refractivity contribution in [3.8, 4) is 0 Å². The van der Waals surface area contributed by atoms with Crippen molar-refractivity contribution in [1.29, 1.82) is 0 Å². The van der Waals surface area contributed by atoms with Crippen LogP contribution in [0.15, 0.2) is 12.4 Å². The molecule has 0 bridgehead atoms. The molecule has 1 aromatic rings.